The molecule has 1 saturated heterocycles. The molecular formula is C21H27FN6O. The highest BCUT2D eigenvalue weighted by Gasteiger charge is 2.25. The Kier molecular flexibility index (Phi) is 7.38. The number of hydrogen-bond acceptors (Lipinski definition) is 4. The third-order valence-electron chi connectivity index (χ3n) is 4.76. The summed E-state index contributed by atoms with van der Waals surface area (Å²) >= 11 is 0. The van der Waals surface area contributed by atoms with Gasteiger partial charge >= 0.3 is 0 Å². The van der Waals surface area contributed by atoms with Crippen LogP contribution in [0.25, 0.3) is 0 Å². The molecule has 8 heteroatoms. The number of amides is 1. The highest BCUT2D eigenvalue weighted by Crippen LogP contribution is 2.20. The number of aromatic nitrogens is 1. The number of hydrogen-bond donors (Lipinski definition) is 3. The number of carbonyl (C=O) groups is 1. The number of anilines is 1. The van der Waals surface area contributed by atoms with E-state index in [9.17, 15) is 9.18 Å². The lowest BCUT2D eigenvalue weighted by Crippen LogP contribution is -2.45. The van der Waals surface area contributed by atoms with Crippen LogP contribution >= 0.6 is 0 Å². The predicted molar refractivity (Wildman–Crippen MR) is 113 cm³/mol. The molecule has 3 rings (SSSR count). The number of aliphatic imine (C=N–C) groups is 1. The lowest BCUT2D eigenvalue weighted by Gasteiger charge is -2.20. The molecule has 1 aromatic heterocycles. The van der Waals surface area contributed by atoms with E-state index in [1.165, 1.54) is 6.07 Å². The first-order valence-corrected chi connectivity index (χ1v) is 9.83. The van der Waals surface area contributed by atoms with Crippen molar-refractivity contribution in [2.45, 2.75) is 18.9 Å². The van der Waals surface area contributed by atoms with Crippen molar-refractivity contribution in [2.75, 3.05) is 38.1 Å². The summed E-state index contributed by atoms with van der Waals surface area (Å²) in [5.74, 6) is 0.732. The van der Waals surface area contributed by atoms with Gasteiger partial charge in [-0.2, -0.15) is 0 Å². The molecule has 1 aliphatic heterocycles. The number of halogens is 1. The molecule has 1 aliphatic rings. The Labute approximate surface area is 170 Å². The van der Waals surface area contributed by atoms with Crippen LogP contribution < -0.4 is 20.9 Å². The summed E-state index contributed by atoms with van der Waals surface area (Å²) in [5.41, 5.74) is 0.660. The van der Waals surface area contributed by atoms with Crippen LogP contribution in [-0.4, -0.2) is 56.1 Å². The zero-order chi connectivity index (χ0) is 20.5. The number of nitrogens with one attached hydrogen (secondary N) is 3. The van der Waals surface area contributed by atoms with Gasteiger partial charge in [-0.1, -0.05) is 18.2 Å². The Hall–Kier alpha value is -3.16. The Bertz CT molecular complexity index is 829. The van der Waals surface area contributed by atoms with Crippen LogP contribution in [0.4, 0.5) is 10.2 Å². The van der Waals surface area contributed by atoms with Crippen LogP contribution in [0, 0.1) is 5.82 Å². The number of guanidine groups is 1. The van der Waals surface area contributed by atoms with Gasteiger partial charge in [-0.25, -0.2) is 9.37 Å². The number of rotatable bonds is 7. The van der Waals surface area contributed by atoms with Crippen LogP contribution in [0.3, 0.4) is 0 Å². The molecule has 2 aromatic rings. The molecule has 29 heavy (non-hydrogen) atoms. The topological polar surface area (TPSA) is 81.6 Å². The standard InChI is InChI=1S/C21H27FN6O/c1-23-21(26-13-6-12-25-20(29)16-7-3-2-4-8-16)27-17-10-14-28(15-17)19-18(22)9-5-11-24-19/h2-5,7-9,11,17H,6,10,12-15H2,1H3,(H,25,29)(H2,23,26,27). The Balaban J connectivity index is 1.36. The van der Waals surface area contributed by atoms with Gasteiger partial charge in [0.15, 0.2) is 17.6 Å². The van der Waals surface area contributed by atoms with Crippen LogP contribution in [0.2, 0.25) is 0 Å². The highest BCUT2D eigenvalue weighted by molar-refractivity contribution is 5.94. The number of carbonyl (C=O) groups excluding carboxylic acids is 1. The fourth-order valence-corrected chi connectivity index (χ4v) is 3.26. The van der Waals surface area contributed by atoms with Gasteiger partial charge < -0.3 is 20.9 Å². The molecule has 154 valence electrons. The van der Waals surface area contributed by atoms with Crippen molar-refractivity contribution in [3.8, 4) is 0 Å². The highest BCUT2D eigenvalue weighted by atomic mass is 19.1. The molecule has 3 N–H and O–H groups in total. The van der Waals surface area contributed by atoms with E-state index in [0.29, 0.717) is 37.0 Å². The van der Waals surface area contributed by atoms with Crippen molar-refractivity contribution >= 4 is 17.7 Å². The van der Waals surface area contributed by atoms with Crippen LogP contribution in [0.15, 0.2) is 53.7 Å². The minimum atomic E-state index is -0.298. The van der Waals surface area contributed by atoms with Crippen molar-refractivity contribution in [1.82, 2.24) is 20.9 Å². The Morgan fingerprint density at radius 1 is 1.21 bits per heavy atom. The number of benzene rings is 1. The molecule has 1 aromatic carbocycles. The van der Waals surface area contributed by atoms with Gasteiger partial charge in [-0.05, 0) is 37.1 Å². The molecule has 1 fully saturated rings. The van der Waals surface area contributed by atoms with E-state index in [-0.39, 0.29) is 17.8 Å². The van der Waals surface area contributed by atoms with Gasteiger partial charge in [0.25, 0.3) is 5.91 Å². The Morgan fingerprint density at radius 3 is 2.76 bits per heavy atom. The maximum absolute atomic E-state index is 13.9. The van der Waals surface area contributed by atoms with E-state index in [1.807, 2.05) is 23.1 Å². The second-order valence-electron chi connectivity index (χ2n) is 6.86. The van der Waals surface area contributed by atoms with Crippen LogP contribution in [-0.2, 0) is 0 Å². The molecule has 0 bridgehead atoms. The maximum Gasteiger partial charge on any atom is 0.251 e. The molecule has 0 spiro atoms. The van der Waals surface area contributed by atoms with Gasteiger partial charge in [0.05, 0.1) is 0 Å². The van der Waals surface area contributed by atoms with Crippen molar-refractivity contribution in [1.29, 1.82) is 0 Å². The SMILES string of the molecule is CN=C(NCCCNC(=O)c1ccccc1)NC1CCN(c2ncccc2F)C1. The van der Waals surface area contributed by atoms with Gasteiger partial charge in [0.2, 0.25) is 0 Å². The molecular weight excluding hydrogens is 371 g/mol. The summed E-state index contributed by atoms with van der Waals surface area (Å²) in [6.07, 6.45) is 3.26. The van der Waals surface area contributed by atoms with Crippen LogP contribution in [0.1, 0.15) is 23.2 Å². The summed E-state index contributed by atoms with van der Waals surface area (Å²) in [6.45, 7) is 2.67. The number of pyridine rings is 1. The first-order chi connectivity index (χ1) is 14.2. The van der Waals surface area contributed by atoms with Gasteiger partial charge in [-0.3, -0.25) is 9.79 Å². The van der Waals surface area contributed by atoms with Gasteiger partial charge in [-0.15, -0.1) is 0 Å². The van der Waals surface area contributed by atoms with E-state index >= 15 is 0 Å². The maximum atomic E-state index is 13.9. The van der Waals surface area contributed by atoms with Crippen molar-refractivity contribution in [3.63, 3.8) is 0 Å². The van der Waals surface area contributed by atoms with Crippen molar-refractivity contribution in [3.05, 3.63) is 60.0 Å². The monoisotopic (exact) mass is 398 g/mol. The summed E-state index contributed by atoms with van der Waals surface area (Å²) in [7, 11) is 1.72. The molecule has 0 saturated carbocycles. The van der Waals surface area contributed by atoms with Gasteiger partial charge in [0.1, 0.15) is 0 Å². The molecule has 0 aliphatic carbocycles. The van der Waals surface area contributed by atoms with Gasteiger partial charge in [0, 0.05) is 51.0 Å². The smallest absolute Gasteiger partial charge is 0.251 e. The van der Waals surface area contributed by atoms with E-state index in [2.05, 4.69) is 25.9 Å². The quantitative estimate of drug-likeness (QED) is 0.376. The zero-order valence-electron chi connectivity index (χ0n) is 16.6. The fraction of sp³-hybridized carbons (Fsp3) is 0.381. The molecule has 1 amide bonds. The second kappa shape index (κ2) is 10.4. The minimum Gasteiger partial charge on any atom is -0.356 e. The van der Waals surface area contributed by atoms with Crippen molar-refractivity contribution < 1.29 is 9.18 Å². The third kappa shape index (κ3) is 5.91. The lowest BCUT2D eigenvalue weighted by atomic mass is 10.2. The summed E-state index contributed by atoms with van der Waals surface area (Å²) in [6, 6.07) is 12.4. The van der Waals surface area contributed by atoms with E-state index in [0.717, 1.165) is 19.4 Å². The summed E-state index contributed by atoms with van der Waals surface area (Å²) < 4.78 is 13.9. The molecule has 2 heterocycles. The zero-order valence-corrected chi connectivity index (χ0v) is 16.6. The summed E-state index contributed by atoms with van der Waals surface area (Å²) in [4.78, 5) is 22.3. The second-order valence-corrected chi connectivity index (χ2v) is 6.86. The minimum absolute atomic E-state index is 0.0686. The molecule has 1 unspecified atom stereocenters. The van der Waals surface area contributed by atoms with Crippen molar-refractivity contribution in [2.24, 2.45) is 4.99 Å². The predicted octanol–water partition coefficient (Wildman–Crippen LogP) is 1.78. The van der Waals surface area contributed by atoms with E-state index in [1.54, 1.807) is 31.4 Å². The average molecular weight is 398 g/mol. The molecule has 7 nitrogen and oxygen atoms in total. The first kappa shape index (κ1) is 20.6. The molecule has 1 atom stereocenters. The van der Waals surface area contributed by atoms with E-state index < -0.39 is 0 Å². The largest absolute Gasteiger partial charge is 0.356 e. The lowest BCUT2D eigenvalue weighted by molar-refractivity contribution is 0.0953. The fourth-order valence-electron chi connectivity index (χ4n) is 3.26. The normalized spacial score (nSPS) is 16.6. The first-order valence-electron chi connectivity index (χ1n) is 9.83. The van der Waals surface area contributed by atoms with E-state index in [4.69, 9.17) is 0 Å². The molecule has 0 radical (unpaired) electrons. The average Bonchev–Trinajstić information content (AvgIpc) is 3.21. The Morgan fingerprint density at radius 2 is 2.00 bits per heavy atom. The third-order valence-corrected chi connectivity index (χ3v) is 4.76. The number of nitrogens with zero attached hydrogens (tertiary/aromatic N) is 3. The van der Waals surface area contributed by atoms with Crippen LogP contribution in [0.5, 0.6) is 0 Å². The summed E-state index contributed by atoms with van der Waals surface area (Å²) in [5, 5.41) is 9.53.